The Morgan fingerprint density at radius 2 is 2.11 bits per heavy atom. The molecule has 0 aromatic carbocycles. The maximum atomic E-state index is 4.32. The molecule has 1 N–H and O–H groups in total. The molecule has 0 radical (unpaired) electrons. The predicted octanol–water partition coefficient (Wildman–Crippen LogP) is 4.02. The number of aromatic nitrogens is 3. The first kappa shape index (κ1) is 12.5. The molecule has 3 aromatic heterocycles. The fraction of sp³-hybridized carbons (Fsp3) is 0.154. The van der Waals surface area contributed by atoms with Gasteiger partial charge in [-0.05, 0) is 45.9 Å². The lowest BCUT2D eigenvalue weighted by Crippen LogP contribution is -2.08. The molecular weight excluding hydrogens is 324 g/mol. The van der Waals surface area contributed by atoms with Gasteiger partial charge in [0.1, 0.15) is 21.6 Å². The summed E-state index contributed by atoms with van der Waals surface area (Å²) in [6.45, 7) is 2.09. The first-order chi connectivity index (χ1) is 9.24. The van der Waals surface area contributed by atoms with Crippen LogP contribution in [-0.2, 0) is 0 Å². The number of nitrogens with zero attached hydrogens (tertiary/aromatic N) is 3. The summed E-state index contributed by atoms with van der Waals surface area (Å²) in [7, 11) is 0. The van der Waals surface area contributed by atoms with E-state index < -0.39 is 0 Å². The fourth-order valence-electron chi connectivity index (χ4n) is 1.84. The molecule has 0 saturated carbocycles. The van der Waals surface area contributed by atoms with E-state index in [1.165, 1.54) is 0 Å². The van der Waals surface area contributed by atoms with E-state index in [-0.39, 0.29) is 6.04 Å². The van der Waals surface area contributed by atoms with Gasteiger partial charge in [0.05, 0.1) is 11.4 Å². The average Bonchev–Trinajstić information content (AvgIpc) is 2.89. The molecule has 0 unspecified atom stereocenters. The molecule has 0 amide bonds. The van der Waals surface area contributed by atoms with Crippen LogP contribution in [-0.4, -0.2) is 15.0 Å². The molecule has 0 aliphatic rings. The summed E-state index contributed by atoms with van der Waals surface area (Å²) in [5.74, 6) is 0.863. The van der Waals surface area contributed by atoms with Crippen LogP contribution >= 0.6 is 27.3 Å². The molecule has 3 aromatic rings. The van der Waals surface area contributed by atoms with E-state index in [2.05, 4.69) is 43.1 Å². The molecule has 19 heavy (non-hydrogen) atoms. The summed E-state index contributed by atoms with van der Waals surface area (Å²) in [4.78, 5) is 13.8. The van der Waals surface area contributed by atoms with Gasteiger partial charge in [-0.25, -0.2) is 15.0 Å². The topological polar surface area (TPSA) is 50.7 Å². The third kappa shape index (κ3) is 2.59. The van der Waals surface area contributed by atoms with E-state index in [9.17, 15) is 0 Å². The molecule has 3 rings (SSSR count). The molecule has 3 heterocycles. The zero-order chi connectivity index (χ0) is 13.2. The summed E-state index contributed by atoms with van der Waals surface area (Å²) in [6, 6.07) is 6.15. The monoisotopic (exact) mass is 334 g/mol. The van der Waals surface area contributed by atoms with Crippen LogP contribution in [0.2, 0.25) is 0 Å². The fourth-order valence-corrected chi connectivity index (χ4v) is 2.80. The molecule has 4 nitrogen and oxygen atoms in total. The number of hydrogen-bond donors (Lipinski definition) is 1. The Balaban J connectivity index is 1.88. The number of rotatable bonds is 3. The summed E-state index contributed by atoms with van der Waals surface area (Å²) < 4.78 is 0.839. The third-order valence-corrected chi connectivity index (χ3v) is 4.16. The molecule has 0 aliphatic carbocycles. The smallest absolute Gasteiger partial charge is 0.138 e. The number of halogens is 1. The number of nitrogens with one attached hydrogen (secondary N) is 1. The van der Waals surface area contributed by atoms with Crippen LogP contribution in [0.3, 0.4) is 0 Å². The van der Waals surface area contributed by atoms with Crippen LogP contribution < -0.4 is 5.32 Å². The number of anilines is 1. The van der Waals surface area contributed by atoms with Crippen molar-refractivity contribution in [3.8, 4) is 0 Å². The van der Waals surface area contributed by atoms with Gasteiger partial charge < -0.3 is 5.32 Å². The minimum absolute atomic E-state index is 0.138. The number of pyridine rings is 1. The Morgan fingerprint density at radius 3 is 2.89 bits per heavy atom. The maximum Gasteiger partial charge on any atom is 0.138 e. The number of fused-ring (bicyclic) bond motifs is 1. The van der Waals surface area contributed by atoms with Crippen LogP contribution in [0, 0.1) is 0 Å². The van der Waals surface area contributed by atoms with E-state index in [1.54, 1.807) is 17.7 Å². The van der Waals surface area contributed by atoms with Gasteiger partial charge in [-0.3, -0.25) is 0 Å². The zero-order valence-electron chi connectivity index (χ0n) is 10.2. The zero-order valence-corrected chi connectivity index (χ0v) is 12.6. The van der Waals surface area contributed by atoms with Gasteiger partial charge in [-0.15, -0.1) is 11.3 Å². The summed E-state index contributed by atoms with van der Waals surface area (Å²) in [5, 5.41) is 6.49. The van der Waals surface area contributed by atoms with Gasteiger partial charge in [0.25, 0.3) is 0 Å². The second kappa shape index (κ2) is 5.22. The van der Waals surface area contributed by atoms with Gasteiger partial charge in [0.2, 0.25) is 0 Å². The minimum Gasteiger partial charge on any atom is -0.363 e. The Labute approximate surface area is 123 Å². The molecule has 1 atom stereocenters. The van der Waals surface area contributed by atoms with E-state index in [0.29, 0.717) is 0 Å². The lowest BCUT2D eigenvalue weighted by atomic mass is 10.1. The lowest BCUT2D eigenvalue weighted by Gasteiger charge is -2.15. The molecule has 0 aliphatic heterocycles. The minimum atomic E-state index is 0.138. The van der Waals surface area contributed by atoms with Gasteiger partial charge in [-0.2, -0.15) is 0 Å². The molecule has 0 saturated heterocycles. The Bertz CT molecular complexity index is 695. The highest BCUT2D eigenvalue weighted by atomic mass is 79.9. The highest BCUT2D eigenvalue weighted by Crippen LogP contribution is 2.26. The van der Waals surface area contributed by atoms with Gasteiger partial charge in [0, 0.05) is 6.20 Å². The first-order valence-corrected chi connectivity index (χ1v) is 7.47. The SMILES string of the molecule is C[C@H](Nc1ncnc2sccc12)c1ccc(Br)nc1. The van der Waals surface area contributed by atoms with Crippen molar-refractivity contribution < 1.29 is 0 Å². The highest BCUT2D eigenvalue weighted by molar-refractivity contribution is 9.10. The molecule has 0 bridgehead atoms. The van der Waals surface area contributed by atoms with Crippen LogP contribution in [0.4, 0.5) is 5.82 Å². The molecule has 0 spiro atoms. The van der Waals surface area contributed by atoms with Crippen LogP contribution in [0.15, 0.2) is 40.7 Å². The molecular formula is C13H11BrN4S. The van der Waals surface area contributed by atoms with Crippen molar-refractivity contribution >= 4 is 43.3 Å². The van der Waals surface area contributed by atoms with E-state index >= 15 is 0 Å². The van der Waals surface area contributed by atoms with Crippen molar-refractivity contribution in [1.29, 1.82) is 0 Å². The van der Waals surface area contributed by atoms with Crippen molar-refractivity contribution in [3.63, 3.8) is 0 Å². The van der Waals surface area contributed by atoms with Crippen molar-refractivity contribution in [2.75, 3.05) is 5.32 Å². The summed E-state index contributed by atoms with van der Waals surface area (Å²) in [5.41, 5.74) is 1.12. The van der Waals surface area contributed by atoms with Crippen molar-refractivity contribution in [2.24, 2.45) is 0 Å². The van der Waals surface area contributed by atoms with Crippen molar-refractivity contribution in [2.45, 2.75) is 13.0 Å². The summed E-state index contributed by atoms with van der Waals surface area (Å²) in [6.07, 6.45) is 3.45. The normalized spacial score (nSPS) is 12.5. The van der Waals surface area contributed by atoms with Gasteiger partial charge in [0.15, 0.2) is 0 Å². The Hall–Kier alpha value is -1.53. The Morgan fingerprint density at radius 1 is 1.21 bits per heavy atom. The quantitative estimate of drug-likeness (QED) is 0.735. The van der Waals surface area contributed by atoms with E-state index in [0.717, 1.165) is 26.2 Å². The molecule has 0 fully saturated rings. The number of hydrogen-bond acceptors (Lipinski definition) is 5. The Kier molecular flexibility index (Phi) is 3.44. The number of thiophene rings is 1. The predicted molar refractivity (Wildman–Crippen MR) is 81.4 cm³/mol. The first-order valence-electron chi connectivity index (χ1n) is 5.80. The lowest BCUT2D eigenvalue weighted by molar-refractivity contribution is 0.866. The standard InChI is InChI=1S/C13H11BrN4S/c1-8(9-2-3-11(14)15-6-9)18-12-10-4-5-19-13(10)17-7-16-12/h2-8H,1H3,(H,16,17,18)/t8-/m0/s1. The van der Waals surface area contributed by atoms with Crippen LogP contribution in [0.25, 0.3) is 10.2 Å². The third-order valence-electron chi connectivity index (χ3n) is 2.87. The van der Waals surface area contributed by atoms with E-state index in [1.807, 2.05) is 29.8 Å². The van der Waals surface area contributed by atoms with E-state index in [4.69, 9.17) is 0 Å². The highest BCUT2D eigenvalue weighted by Gasteiger charge is 2.10. The van der Waals surface area contributed by atoms with Crippen molar-refractivity contribution in [3.05, 3.63) is 46.3 Å². The molecule has 96 valence electrons. The summed E-state index contributed by atoms with van der Waals surface area (Å²) >= 11 is 4.95. The van der Waals surface area contributed by atoms with Gasteiger partial charge in [-0.1, -0.05) is 6.07 Å². The van der Waals surface area contributed by atoms with Crippen molar-refractivity contribution in [1.82, 2.24) is 15.0 Å². The second-order valence-corrected chi connectivity index (χ2v) is 5.85. The largest absolute Gasteiger partial charge is 0.363 e. The molecule has 6 heteroatoms. The van der Waals surface area contributed by atoms with Crippen LogP contribution in [0.1, 0.15) is 18.5 Å². The van der Waals surface area contributed by atoms with Gasteiger partial charge >= 0.3 is 0 Å². The van der Waals surface area contributed by atoms with Crippen LogP contribution in [0.5, 0.6) is 0 Å². The second-order valence-electron chi connectivity index (χ2n) is 4.14. The average molecular weight is 335 g/mol. The maximum absolute atomic E-state index is 4.32.